The Labute approximate surface area is 420 Å². The van der Waals surface area contributed by atoms with Crippen LogP contribution in [0, 0.1) is 23.8 Å². The Morgan fingerprint density at radius 1 is 0.750 bits per heavy atom. The van der Waals surface area contributed by atoms with Crippen molar-refractivity contribution in [2.45, 2.75) is 219 Å². The van der Waals surface area contributed by atoms with Gasteiger partial charge in [0.05, 0.1) is 7.11 Å². The number of allylic oxidation sites excluding steroid dienone is 5. The van der Waals surface area contributed by atoms with E-state index in [0.717, 1.165) is 17.9 Å². The zero-order valence-electron chi connectivity index (χ0n) is 42.2. The largest absolute Gasteiger partial charge is 1.00 e. The molecule has 7 heteroatoms. The molecule has 1 heterocycles. The molecule has 0 unspecified atom stereocenters. The van der Waals surface area contributed by atoms with E-state index in [4.69, 9.17) is 11.3 Å². The molecule has 3 saturated carbocycles. The second-order valence-electron chi connectivity index (χ2n) is 22.5. The first-order valence-corrected chi connectivity index (χ1v) is 26.1. The Kier molecular flexibility index (Phi) is 24.5. The van der Waals surface area contributed by atoms with Crippen LogP contribution < -0.4 is 22.0 Å². The molecule has 2 aromatic rings. The van der Waals surface area contributed by atoms with Crippen LogP contribution in [0.5, 0.6) is 5.75 Å². The van der Waals surface area contributed by atoms with E-state index in [-0.39, 0.29) is 66.6 Å². The molecule has 358 valence electrons. The van der Waals surface area contributed by atoms with Gasteiger partial charge in [-0.25, -0.2) is 9.48 Å². The quantitative estimate of drug-likeness (QED) is 0.113. The first-order chi connectivity index (χ1) is 28.9. The second-order valence-corrected chi connectivity index (χ2v) is 25.5. The van der Waals surface area contributed by atoms with Gasteiger partial charge >= 0.3 is 25.8 Å². The van der Waals surface area contributed by atoms with Gasteiger partial charge in [0, 0.05) is 22.0 Å². The van der Waals surface area contributed by atoms with Crippen LogP contribution in [0.1, 0.15) is 195 Å². The van der Waals surface area contributed by atoms with Crippen molar-refractivity contribution in [3.8, 4) is 5.75 Å². The van der Waals surface area contributed by atoms with Gasteiger partial charge < -0.3 is 17.1 Å². The van der Waals surface area contributed by atoms with Gasteiger partial charge in [-0.2, -0.15) is 18.6 Å². The van der Waals surface area contributed by atoms with Crippen LogP contribution in [-0.2, 0) is 31.4 Å². The first kappa shape index (κ1) is 58.5. The third kappa shape index (κ3) is 16.3. The monoisotopic (exact) mass is 1020 g/mol. The maximum absolute atomic E-state index is 5.90. The molecule has 2 atom stereocenters. The van der Waals surface area contributed by atoms with E-state index in [1.165, 1.54) is 58.6 Å². The van der Waals surface area contributed by atoms with E-state index in [1.54, 1.807) is 84.2 Å². The number of ether oxygens (including phenoxy) is 1. The maximum Gasteiger partial charge on any atom is 1.00 e. The van der Waals surface area contributed by atoms with Crippen molar-refractivity contribution in [2.75, 3.05) is 12.0 Å². The Hall–Kier alpha value is -1.66. The van der Waals surface area contributed by atoms with Crippen LogP contribution in [0.3, 0.4) is 0 Å². The summed E-state index contributed by atoms with van der Waals surface area (Å²) in [4.78, 5) is 2.48. The Bertz CT molecular complexity index is 1710. The third-order valence-corrected chi connectivity index (χ3v) is 18.0. The molecule has 4 aliphatic carbocycles. The second kappa shape index (κ2) is 26.8. The van der Waals surface area contributed by atoms with E-state index in [9.17, 15) is 0 Å². The summed E-state index contributed by atoms with van der Waals surface area (Å²) in [5, 5.41) is 0. The van der Waals surface area contributed by atoms with Gasteiger partial charge in [-0.15, -0.1) is 24.6 Å². The Balaban J connectivity index is 0.000000404. The van der Waals surface area contributed by atoms with Crippen LogP contribution in [0.2, 0.25) is 0 Å². The number of hydrogen-bond donors (Lipinski definition) is 0. The van der Waals surface area contributed by atoms with Crippen LogP contribution in [0.4, 0.5) is 5.69 Å². The van der Waals surface area contributed by atoms with Crippen LogP contribution >= 0.6 is 20.3 Å². The molecule has 2 aromatic carbocycles. The standard InChI is InChI=1S/C32H48N2O.C18H33P.C7H6.2ClH.Ru/c1-22(2)24-18-27(35-12)25(30(3,4)5)19-26(24)34-21-33(20-23-16-14-13-15-17-23)28(31(6,7)8)29(34)32(9,10)11;1-4-10-16(11-5-1)19(17-12-6-2-7-13-17)18-14-8-3-9-15-18;1-7-5-3-2-4-6-7;;;/h13-19,22,28-29H,20H2,1-12H3;16-18H,1-15H2;1-6H;2*1H;/q+1;;;;;+1/p-1/t28-,29-;;;;;/m0...../s1. The molecule has 3 nitrogen and oxygen atoms in total. The molecule has 0 amide bonds. The summed E-state index contributed by atoms with van der Waals surface area (Å²) in [6.45, 7) is 31.8. The van der Waals surface area contributed by atoms with Crippen molar-refractivity contribution in [1.29, 1.82) is 0 Å². The number of rotatable bonds is 8. The molecule has 0 bridgehead atoms. The number of benzene rings is 2. The van der Waals surface area contributed by atoms with Crippen LogP contribution in [0.25, 0.3) is 0 Å². The molecular weight excluding hydrogens is 932 g/mol. The summed E-state index contributed by atoms with van der Waals surface area (Å²) in [6.07, 6.45) is 37.0. The normalized spacial score (nSPS) is 21.0. The molecule has 3 fully saturated rings. The van der Waals surface area contributed by atoms with Gasteiger partial charge in [0.2, 0.25) is 0 Å². The summed E-state index contributed by atoms with van der Waals surface area (Å²) in [5.41, 5.74) is 9.61. The number of anilines is 1. The van der Waals surface area contributed by atoms with Crippen LogP contribution in [-0.4, -0.2) is 47.1 Å². The van der Waals surface area contributed by atoms with Gasteiger partial charge in [0.15, 0.2) is 0 Å². The molecule has 2 radical (unpaired) electrons. The molecule has 0 saturated heterocycles. The van der Waals surface area contributed by atoms with Crippen molar-refractivity contribution in [3.63, 3.8) is 0 Å². The summed E-state index contributed by atoms with van der Waals surface area (Å²) < 4.78 is 8.37. The van der Waals surface area contributed by atoms with Gasteiger partial charge in [0.25, 0.3) is 0 Å². The van der Waals surface area contributed by atoms with Gasteiger partial charge in [-0.3, -0.25) is 0 Å². The average Bonchev–Trinajstić information content (AvgIpc) is 3.63. The van der Waals surface area contributed by atoms with Gasteiger partial charge in [0.1, 0.15) is 30.1 Å². The van der Waals surface area contributed by atoms with Gasteiger partial charge in [-0.1, -0.05) is 179 Å². The number of hydrogen-bond acceptors (Lipinski definition) is 2. The van der Waals surface area contributed by atoms with Crippen molar-refractivity contribution >= 4 is 32.4 Å². The summed E-state index contributed by atoms with van der Waals surface area (Å²) in [7, 11) is 2.17. The van der Waals surface area contributed by atoms with E-state index < -0.39 is 0 Å². The van der Waals surface area contributed by atoms with Crippen LogP contribution in [0.15, 0.2) is 72.3 Å². The molecule has 7 rings (SSSR count). The summed E-state index contributed by atoms with van der Waals surface area (Å²) in [6, 6.07) is 16.0. The minimum absolute atomic E-state index is 0. The maximum atomic E-state index is 5.90. The zero-order chi connectivity index (χ0) is 44.4. The molecule has 64 heavy (non-hydrogen) atoms. The number of methoxy groups -OCH3 is 1. The van der Waals surface area contributed by atoms with Crippen molar-refractivity contribution in [2.24, 2.45) is 10.8 Å². The number of halogens is 2. The minimum Gasteiger partial charge on any atom is -1.00 e. The molecular formula is C57H88Cl2N2OPRu+. The summed E-state index contributed by atoms with van der Waals surface area (Å²) >= 11 is 0. The SMILES string of the molecule is C1CCC(P(C2CCCCC2)C2CCCCC2)CC1.COc1cc(C(C)C)c(N2[C]=[N+](Cc3ccccc3)[C@H](C(C)(C)C)[C@H]2C(C)(C)C)cc1C(C)(C)C.Cl.[CH+]=C1C=C[CH-]C=C1.[Cl-].[Ru+]. The molecule has 1 aliphatic heterocycles. The zero-order valence-corrected chi connectivity index (χ0v) is 46.4. The average molecular weight is 1020 g/mol. The smallest absolute Gasteiger partial charge is 1.00 e. The molecule has 0 aromatic heterocycles. The topological polar surface area (TPSA) is 15.5 Å². The first-order valence-electron chi connectivity index (χ1n) is 24.6. The predicted octanol–water partition coefficient (Wildman–Crippen LogP) is 13.4. The molecule has 0 spiro atoms. The molecule has 5 aliphatic rings. The fourth-order valence-corrected chi connectivity index (χ4v) is 15.7. The van der Waals surface area contributed by atoms with Crippen molar-refractivity contribution < 1.29 is 41.2 Å². The minimum atomic E-state index is -0.0281. The summed E-state index contributed by atoms with van der Waals surface area (Å²) in [5.74, 6) is 1.34. The fraction of sp³-hybridized carbons (Fsp3) is 0.649. The number of nitrogens with zero attached hydrogens (tertiary/aromatic N) is 2. The molecule has 0 N–H and O–H groups in total. The van der Waals surface area contributed by atoms with Crippen molar-refractivity contribution in [3.05, 3.63) is 102 Å². The predicted molar refractivity (Wildman–Crippen MR) is 275 cm³/mol. The van der Waals surface area contributed by atoms with E-state index in [0.29, 0.717) is 19.9 Å². The Morgan fingerprint density at radius 2 is 1.22 bits per heavy atom. The third-order valence-electron chi connectivity index (χ3n) is 13.9. The van der Waals surface area contributed by atoms with E-state index >= 15 is 0 Å². The van der Waals surface area contributed by atoms with E-state index in [2.05, 4.69) is 134 Å². The van der Waals surface area contributed by atoms with E-state index in [1.807, 2.05) is 30.7 Å². The van der Waals surface area contributed by atoms with Gasteiger partial charge in [-0.05, 0) is 90.1 Å². The fourth-order valence-electron chi connectivity index (χ4n) is 11.0. The Morgan fingerprint density at radius 3 is 1.58 bits per heavy atom. The van der Waals surface area contributed by atoms with Crippen molar-refractivity contribution in [1.82, 2.24) is 0 Å².